The molecule has 3 heteroatoms. The van der Waals surface area contributed by atoms with Crippen molar-refractivity contribution in [2.45, 2.75) is 19.8 Å². The van der Waals surface area contributed by atoms with Crippen LogP contribution in [-0.4, -0.2) is 16.5 Å². The Morgan fingerprint density at radius 3 is 2.67 bits per heavy atom. The first-order chi connectivity index (χ1) is 5.74. The summed E-state index contributed by atoms with van der Waals surface area (Å²) in [6.07, 6.45) is -0.849. The van der Waals surface area contributed by atoms with E-state index >= 15 is 0 Å². The summed E-state index contributed by atoms with van der Waals surface area (Å²) in [5.41, 5.74) is 0.679. The maximum atomic E-state index is 8.92. The summed E-state index contributed by atoms with van der Waals surface area (Å²) in [5.74, 6) is 0.523. The van der Waals surface area contributed by atoms with E-state index in [1.165, 1.54) is 6.92 Å². The highest BCUT2D eigenvalue weighted by atomic mass is 16.6. The third-order valence-electron chi connectivity index (χ3n) is 1.44. The number of para-hydroxylation sites is 1. The summed E-state index contributed by atoms with van der Waals surface area (Å²) in [7, 11) is 0. The molecule has 1 unspecified atom stereocenters. The third kappa shape index (κ3) is 2.22. The zero-order valence-electron chi connectivity index (χ0n) is 6.90. The number of rotatable bonds is 3. The van der Waals surface area contributed by atoms with Gasteiger partial charge in [-0.1, -0.05) is 18.2 Å². The molecule has 1 aromatic rings. The lowest BCUT2D eigenvalue weighted by Crippen LogP contribution is -2.10. The van der Waals surface area contributed by atoms with Crippen LogP contribution in [0.4, 0.5) is 0 Å². The highest BCUT2D eigenvalue weighted by molar-refractivity contribution is 5.32. The molecule has 0 bridgehead atoms. The molecular weight excluding hydrogens is 156 g/mol. The van der Waals surface area contributed by atoms with Crippen molar-refractivity contribution >= 4 is 0 Å². The fourth-order valence-corrected chi connectivity index (χ4v) is 0.933. The summed E-state index contributed by atoms with van der Waals surface area (Å²) in [4.78, 5) is 0. The zero-order chi connectivity index (χ0) is 8.97. The Bertz CT molecular complexity index is 245. The first-order valence-corrected chi connectivity index (χ1v) is 3.77. The highest BCUT2D eigenvalue weighted by Crippen LogP contribution is 2.18. The van der Waals surface area contributed by atoms with Gasteiger partial charge in [-0.2, -0.15) is 0 Å². The van der Waals surface area contributed by atoms with Crippen molar-refractivity contribution < 1.29 is 14.9 Å². The summed E-state index contributed by atoms with van der Waals surface area (Å²) in [6, 6.07) is 7.05. The second kappa shape index (κ2) is 4.09. The van der Waals surface area contributed by atoms with Crippen LogP contribution in [0.15, 0.2) is 24.3 Å². The molecule has 0 saturated carbocycles. The van der Waals surface area contributed by atoms with E-state index in [4.69, 9.17) is 14.9 Å². The van der Waals surface area contributed by atoms with Gasteiger partial charge in [0.15, 0.2) is 6.29 Å². The molecule has 2 N–H and O–H groups in total. The molecule has 12 heavy (non-hydrogen) atoms. The van der Waals surface area contributed by atoms with Crippen molar-refractivity contribution in [1.82, 2.24) is 0 Å². The Balaban J connectivity index is 2.82. The van der Waals surface area contributed by atoms with Gasteiger partial charge >= 0.3 is 0 Å². The van der Waals surface area contributed by atoms with E-state index in [-0.39, 0.29) is 6.61 Å². The Kier molecular flexibility index (Phi) is 3.08. The van der Waals surface area contributed by atoms with Gasteiger partial charge in [0.2, 0.25) is 0 Å². The van der Waals surface area contributed by atoms with Crippen LogP contribution < -0.4 is 4.74 Å². The average molecular weight is 168 g/mol. The minimum Gasteiger partial charge on any atom is -0.465 e. The SMILES string of the molecule is CC(O)Oc1ccccc1CO. The Morgan fingerprint density at radius 2 is 2.08 bits per heavy atom. The number of aliphatic hydroxyl groups is 2. The zero-order valence-corrected chi connectivity index (χ0v) is 6.90. The van der Waals surface area contributed by atoms with Crippen LogP contribution in [0.5, 0.6) is 5.75 Å². The van der Waals surface area contributed by atoms with Crippen molar-refractivity contribution in [2.75, 3.05) is 0 Å². The molecule has 0 aliphatic heterocycles. The van der Waals surface area contributed by atoms with Crippen molar-refractivity contribution in [3.8, 4) is 5.75 Å². The normalized spacial score (nSPS) is 12.6. The van der Waals surface area contributed by atoms with Gasteiger partial charge in [-0.25, -0.2) is 0 Å². The molecule has 1 aromatic carbocycles. The van der Waals surface area contributed by atoms with Crippen molar-refractivity contribution in [3.63, 3.8) is 0 Å². The molecule has 1 atom stereocenters. The molecule has 0 saturated heterocycles. The summed E-state index contributed by atoms with van der Waals surface area (Å²) < 4.78 is 5.03. The van der Waals surface area contributed by atoms with Crippen LogP contribution in [0.2, 0.25) is 0 Å². The monoisotopic (exact) mass is 168 g/mol. The van der Waals surface area contributed by atoms with Crippen LogP contribution in [0.25, 0.3) is 0 Å². The van der Waals surface area contributed by atoms with Crippen molar-refractivity contribution in [3.05, 3.63) is 29.8 Å². The van der Waals surface area contributed by atoms with Crippen molar-refractivity contribution in [2.24, 2.45) is 0 Å². The molecule has 0 spiro atoms. The second-order valence-electron chi connectivity index (χ2n) is 2.48. The van der Waals surface area contributed by atoms with E-state index in [0.717, 1.165) is 0 Å². The van der Waals surface area contributed by atoms with Gasteiger partial charge in [-0.15, -0.1) is 0 Å². The third-order valence-corrected chi connectivity index (χ3v) is 1.44. The lowest BCUT2D eigenvalue weighted by atomic mass is 10.2. The molecule has 66 valence electrons. The predicted molar refractivity (Wildman–Crippen MR) is 44.7 cm³/mol. The largest absolute Gasteiger partial charge is 0.465 e. The van der Waals surface area contributed by atoms with Gasteiger partial charge in [0.1, 0.15) is 5.75 Å². The van der Waals surface area contributed by atoms with E-state index in [2.05, 4.69) is 0 Å². The summed E-state index contributed by atoms with van der Waals surface area (Å²) >= 11 is 0. The van der Waals surface area contributed by atoms with Crippen LogP contribution in [0.3, 0.4) is 0 Å². The number of aliphatic hydroxyl groups excluding tert-OH is 2. The molecule has 0 fully saturated rings. The molecular formula is C9H12O3. The summed E-state index contributed by atoms with van der Waals surface area (Å²) in [6.45, 7) is 1.44. The van der Waals surface area contributed by atoms with Crippen molar-refractivity contribution in [1.29, 1.82) is 0 Å². The van der Waals surface area contributed by atoms with E-state index < -0.39 is 6.29 Å². The first-order valence-electron chi connectivity index (χ1n) is 3.77. The minimum atomic E-state index is -0.849. The second-order valence-corrected chi connectivity index (χ2v) is 2.48. The Labute approximate surface area is 71.2 Å². The molecule has 0 aromatic heterocycles. The Morgan fingerprint density at radius 1 is 1.42 bits per heavy atom. The van der Waals surface area contributed by atoms with Gasteiger partial charge in [0.05, 0.1) is 6.61 Å². The number of benzene rings is 1. The minimum absolute atomic E-state index is 0.0805. The van der Waals surface area contributed by atoms with Gasteiger partial charge in [0.25, 0.3) is 0 Å². The fourth-order valence-electron chi connectivity index (χ4n) is 0.933. The average Bonchev–Trinajstić information content (AvgIpc) is 2.04. The molecule has 1 rings (SSSR count). The van der Waals surface area contributed by atoms with Crippen LogP contribution >= 0.6 is 0 Å². The van der Waals surface area contributed by atoms with Crippen LogP contribution in [0.1, 0.15) is 12.5 Å². The topological polar surface area (TPSA) is 49.7 Å². The number of hydrogen-bond acceptors (Lipinski definition) is 3. The maximum Gasteiger partial charge on any atom is 0.194 e. The Hall–Kier alpha value is -1.06. The molecule has 0 aliphatic rings. The molecule has 0 heterocycles. The maximum absolute atomic E-state index is 8.92. The molecule has 3 nitrogen and oxygen atoms in total. The smallest absolute Gasteiger partial charge is 0.194 e. The lowest BCUT2D eigenvalue weighted by Gasteiger charge is -2.11. The highest BCUT2D eigenvalue weighted by Gasteiger charge is 2.03. The van der Waals surface area contributed by atoms with E-state index in [9.17, 15) is 0 Å². The van der Waals surface area contributed by atoms with Gasteiger partial charge in [-0.3, -0.25) is 0 Å². The van der Waals surface area contributed by atoms with E-state index in [1.807, 2.05) is 0 Å². The van der Waals surface area contributed by atoms with Gasteiger partial charge in [0, 0.05) is 5.56 Å². The summed E-state index contributed by atoms with van der Waals surface area (Å²) in [5, 5.41) is 17.8. The van der Waals surface area contributed by atoms with Gasteiger partial charge in [-0.05, 0) is 13.0 Å². The molecule has 0 amide bonds. The molecule has 0 radical (unpaired) electrons. The molecule has 0 aliphatic carbocycles. The standard InChI is InChI=1S/C9H12O3/c1-7(11)12-9-5-3-2-4-8(9)6-10/h2-5,7,10-11H,6H2,1H3. The van der Waals surface area contributed by atoms with Gasteiger partial charge < -0.3 is 14.9 Å². The number of hydrogen-bond donors (Lipinski definition) is 2. The van der Waals surface area contributed by atoms with Crippen LogP contribution in [-0.2, 0) is 6.61 Å². The lowest BCUT2D eigenvalue weighted by molar-refractivity contribution is -0.00169. The quantitative estimate of drug-likeness (QED) is 0.659. The first kappa shape index (κ1) is 9.03. The fraction of sp³-hybridized carbons (Fsp3) is 0.333. The van der Waals surface area contributed by atoms with Crippen LogP contribution in [0, 0.1) is 0 Å². The predicted octanol–water partition coefficient (Wildman–Crippen LogP) is 0.896. The number of ether oxygens (including phenoxy) is 1. The van der Waals surface area contributed by atoms with E-state index in [0.29, 0.717) is 11.3 Å². The van der Waals surface area contributed by atoms with E-state index in [1.54, 1.807) is 24.3 Å².